The normalized spacial score (nSPS) is 14.4. The monoisotopic (exact) mass is 659 g/mol. The summed E-state index contributed by atoms with van der Waals surface area (Å²) in [6, 6.07) is 0. The zero-order chi connectivity index (χ0) is 34.7. The third-order valence-corrected chi connectivity index (χ3v) is 8.44. The Bertz CT molecular complexity index is 1030. The Hall–Kier alpha value is -2.28. The highest BCUT2D eigenvalue weighted by Gasteiger charge is 2.21. The standard InChI is InChI=1S/C39H66ClN3O3/c1-10-15-23-36(38(32(9)30(6)7)33(11-2)12-3)43-39(45)46-35(13-4)24-27-41-25-21-19-17-16-18-20-22-26-42-29-34(28-31(8)40)37(44)14-5/h11,15,23,28,30,32,35,41-42H,2,8,10,12-14,16-22,24-27,29H2,1,3-7,9H3/b23-15-,34-28-,38-33-,43-36?. The van der Waals surface area contributed by atoms with E-state index < -0.39 is 6.09 Å². The quantitative estimate of drug-likeness (QED) is 0.0397. The Labute approximate surface area is 287 Å². The molecule has 0 heterocycles. The maximum absolute atomic E-state index is 13.0. The van der Waals surface area contributed by atoms with Crippen molar-refractivity contribution in [2.45, 2.75) is 132 Å². The third-order valence-electron chi connectivity index (χ3n) is 8.33. The van der Waals surface area contributed by atoms with E-state index >= 15 is 0 Å². The van der Waals surface area contributed by atoms with Crippen molar-refractivity contribution in [1.29, 1.82) is 0 Å². The Balaban J connectivity index is 4.47. The molecule has 1 amide bonds. The van der Waals surface area contributed by atoms with E-state index in [1.54, 1.807) is 6.08 Å². The van der Waals surface area contributed by atoms with Gasteiger partial charge in [-0.05, 0) is 93.3 Å². The molecule has 0 fully saturated rings. The van der Waals surface area contributed by atoms with Gasteiger partial charge in [-0.1, -0.05) is 117 Å². The van der Waals surface area contributed by atoms with Crippen molar-refractivity contribution in [2.24, 2.45) is 16.8 Å². The number of ether oxygens (including phenoxy) is 1. The van der Waals surface area contributed by atoms with Gasteiger partial charge in [-0.3, -0.25) is 4.79 Å². The van der Waals surface area contributed by atoms with Crippen LogP contribution >= 0.6 is 11.6 Å². The van der Waals surface area contributed by atoms with Crippen LogP contribution in [0.2, 0.25) is 0 Å². The van der Waals surface area contributed by atoms with E-state index in [9.17, 15) is 9.59 Å². The van der Waals surface area contributed by atoms with Gasteiger partial charge in [-0.15, -0.1) is 0 Å². The molecule has 2 unspecified atom stereocenters. The van der Waals surface area contributed by atoms with E-state index in [0.717, 1.165) is 69.3 Å². The Morgan fingerprint density at radius 3 is 2.00 bits per heavy atom. The molecule has 0 aromatic heterocycles. The maximum atomic E-state index is 13.0. The summed E-state index contributed by atoms with van der Waals surface area (Å²) in [5, 5.41) is 7.27. The van der Waals surface area contributed by atoms with E-state index in [2.05, 4.69) is 70.3 Å². The fourth-order valence-corrected chi connectivity index (χ4v) is 5.27. The summed E-state index contributed by atoms with van der Waals surface area (Å²) in [6.07, 6.45) is 19.0. The number of halogens is 1. The first kappa shape index (κ1) is 43.7. The van der Waals surface area contributed by atoms with Crippen LogP contribution in [0.5, 0.6) is 0 Å². The summed E-state index contributed by atoms with van der Waals surface area (Å²) in [7, 11) is 0. The lowest BCUT2D eigenvalue weighted by Gasteiger charge is -2.23. The molecule has 0 saturated carbocycles. The van der Waals surface area contributed by atoms with Gasteiger partial charge in [-0.25, -0.2) is 4.79 Å². The van der Waals surface area contributed by atoms with E-state index in [-0.39, 0.29) is 17.8 Å². The molecule has 2 N–H and O–H groups in total. The molecule has 0 radical (unpaired) electrons. The van der Waals surface area contributed by atoms with Crippen molar-refractivity contribution in [3.63, 3.8) is 0 Å². The van der Waals surface area contributed by atoms with Crippen LogP contribution in [0.3, 0.4) is 0 Å². The number of nitrogens with one attached hydrogen (secondary N) is 2. The molecule has 0 spiro atoms. The van der Waals surface area contributed by atoms with Crippen molar-refractivity contribution in [2.75, 3.05) is 26.2 Å². The Morgan fingerprint density at radius 1 is 0.891 bits per heavy atom. The number of unbranched alkanes of at least 4 members (excludes halogenated alkanes) is 6. The molecule has 6 nitrogen and oxygen atoms in total. The summed E-state index contributed by atoms with van der Waals surface area (Å²) in [6.45, 7) is 25.6. The van der Waals surface area contributed by atoms with Crippen LogP contribution in [0, 0.1) is 11.8 Å². The largest absolute Gasteiger partial charge is 0.445 e. The summed E-state index contributed by atoms with van der Waals surface area (Å²) < 4.78 is 5.82. The molecule has 0 rings (SSSR count). The number of amides is 1. The average Bonchev–Trinajstić information content (AvgIpc) is 3.03. The minimum Gasteiger partial charge on any atom is -0.445 e. The molecule has 7 heteroatoms. The van der Waals surface area contributed by atoms with Crippen LogP contribution in [0.15, 0.2) is 64.2 Å². The fraction of sp³-hybridized carbons (Fsp3) is 0.667. The predicted octanol–water partition coefficient (Wildman–Crippen LogP) is 10.5. The smallest absolute Gasteiger partial charge is 0.434 e. The van der Waals surface area contributed by atoms with Crippen molar-refractivity contribution < 1.29 is 14.3 Å². The predicted molar refractivity (Wildman–Crippen MR) is 200 cm³/mol. The number of aliphatic imine (C=N–C) groups is 1. The number of Topliss-reactive ketones (excluding diaryl/α,β-unsaturated/α-hetero) is 1. The second kappa shape index (κ2) is 27.8. The summed E-state index contributed by atoms with van der Waals surface area (Å²) in [5.41, 5.74) is 3.60. The van der Waals surface area contributed by atoms with Crippen molar-refractivity contribution in [1.82, 2.24) is 10.6 Å². The molecule has 0 saturated heterocycles. The minimum atomic E-state index is -0.517. The molecular weight excluding hydrogens is 594 g/mol. The highest BCUT2D eigenvalue weighted by atomic mass is 35.5. The zero-order valence-electron chi connectivity index (χ0n) is 30.3. The molecule has 0 aliphatic rings. The minimum absolute atomic E-state index is 0.111. The highest BCUT2D eigenvalue weighted by Crippen LogP contribution is 2.27. The number of hydrogen-bond donors (Lipinski definition) is 2. The number of carbonyl (C=O) groups is 2. The second-order valence-corrected chi connectivity index (χ2v) is 12.8. The molecule has 0 aromatic rings. The number of allylic oxidation sites excluding steroid dienone is 7. The van der Waals surface area contributed by atoms with E-state index in [4.69, 9.17) is 16.3 Å². The van der Waals surface area contributed by atoms with Crippen molar-refractivity contribution in [3.8, 4) is 0 Å². The molecule has 0 aliphatic heterocycles. The van der Waals surface area contributed by atoms with Gasteiger partial charge in [0.25, 0.3) is 0 Å². The third kappa shape index (κ3) is 20.1. The number of ketones is 1. The van der Waals surface area contributed by atoms with Gasteiger partial charge in [0, 0.05) is 23.6 Å². The topological polar surface area (TPSA) is 79.8 Å². The number of carbonyl (C=O) groups excluding carboxylic acids is 2. The van der Waals surface area contributed by atoms with Gasteiger partial charge in [-0.2, -0.15) is 4.99 Å². The van der Waals surface area contributed by atoms with Crippen LogP contribution in [0.1, 0.15) is 126 Å². The first-order valence-corrected chi connectivity index (χ1v) is 18.2. The van der Waals surface area contributed by atoms with Gasteiger partial charge in [0.2, 0.25) is 0 Å². The number of nitrogens with zero attached hydrogens (tertiary/aromatic N) is 1. The molecule has 0 aliphatic carbocycles. The van der Waals surface area contributed by atoms with Gasteiger partial charge < -0.3 is 15.4 Å². The second-order valence-electron chi connectivity index (χ2n) is 12.3. The van der Waals surface area contributed by atoms with E-state index in [1.165, 1.54) is 32.1 Å². The molecule has 0 bridgehead atoms. The van der Waals surface area contributed by atoms with Crippen LogP contribution in [-0.4, -0.2) is 49.9 Å². The highest BCUT2D eigenvalue weighted by molar-refractivity contribution is 6.31. The van der Waals surface area contributed by atoms with Crippen LogP contribution in [-0.2, 0) is 9.53 Å². The SMILES string of the molecule is C=C/C(CC)=C(/C(/C=C\CC)=NC(=O)OC(CC)CCNCCCCCCCCCNC/C(=C/C(=C)Cl)C(=O)CC)C(C)C(C)C. The van der Waals surface area contributed by atoms with Gasteiger partial charge >= 0.3 is 6.09 Å². The summed E-state index contributed by atoms with van der Waals surface area (Å²) >= 11 is 5.85. The van der Waals surface area contributed by atoms with Crippen LogP contribution in [0.4, 0.5) is 4.79 Å². The first-order chi connectivity index (χ1) is 22.1. The van der Waals surface area contributed by atoms with Crippen LogP contribution in [0.25, 0.3) is 0 Å². The number of hydrogen-bond acceptors (Lipinski definition) is 5. The van der Waals surface area contributed by atoms with Gasteiger partial charge in [0.05, 0.1) is 5.71 Å². The van der Waals surface area contributed by atoms with Crippen LogP contribution < -0.4 is 10.6 Å². The Morgan fingerprint density at radius 2 is 1.50 bits per heavy atom. The molecular formula is C39H66ClN3O3. The molecule has 262 valence electrons. The Kier molecular flexibility index (Phi) is 26.4. The maximum Gasteiger partial charge on any atom is 0.434 e. The van der Waals surface area contributed by atoms with Gasteiger partial charge in [0.15, 0.2) is 5.78 Å². The lowest BCUT2D eigenvalue weighted by molar-refractivity contribution is -0.115. The van der Waals surface area contributed by atoms with E-state index in [1.807, 2.05) is 25.2 Å². The van der Waals surface area contributed by atoms with E-state index in [0.29, 0.717) is 35.2 Å². The zero-order valence-corrected chi connectivity index (χ0v) is 31.1. The lowest BCUT2D eigenvalue weighted by atomic mass is 9.83. The summed E-state index contributed by atoms with van der Waals surface area (Å²) in [4.78, 5) is 29.4. The molecule has 0 aromatic carbocycles. The molecule has 46 heavy (non-hydrogen) atoms. The molecule has 2 atom stereocenters. The fourth-order valence-electron chi connectivity index (χ4n) is 5.14. The first-order valence-electron chi connectivity index (χ1n) is 17.9. The van der Waals surface area contributed by atoms with Gasteiger partial charge in [0.1, 0.15) is 6.10 Å². The summed E-state index contributed by atoms with van der Waals surface area (Å²) in [5.74, 6) is 0.749. The number of rotatable bonds is 27. The van der Waals surface area contributed by atoms with Crippen molar-refractivity contribution in [3.05, 3.63) is 59.2 Å². The average molecular weight is 660 g/mol. The lowest BCUT2D eigenvalue weighted by Crippen LogP contribution is -2.25. The van der Waals surface area contributed by atoms with Crippen molar-refractivity contribution >= 4 is 29.2 Å².